The molecule has 0 bridgehead atoms. The second-order valence-corrected chi connectivity index (χ2v) is 2.92. The van der Waals surface area contributed by atoms with Gasteiger partial charge in [0.1, 0.15) is 11.5 Å². The van der Waals surface area contributed by atoms with E-state index in [1.54, 1.807) is 6.08 Å². The Morgan fingerprint density at radius 2 is 2.19 bits per heavy atom. The maximum absolute atomic E-state index is 13.5. The molecule has 0 aliphatic rings. The Morgan fingerprint density at radius 1 is 1.50 bits per heavy atom. The molecule has 0 fully saturated rings. The largest absolute Gasteiger partial charge is 0.478 e. The summed E-state index contributed by atoms with van der Waals surface area (Å²) in [6.45, 7) is 7.00. The monoisotopic (exact) mass is 219 g/mol. The van der Waals surface area contributed by atoms with Crippen LogP contribution in [0, 0.1) is 5.82 Å². The summed E-state index contributed by atoms with van der Waals surface area (Å²) in [6, 6.07) is 0.922. The number of rotatable bonds is 4. The first-order valence-corrected chi connectivity index (χ1v) is 4.44. The molecule has 0 saturated heterocycles. The Morgan fingerprint density at radius 3 is 2.62 bits per heavy atom. The van der Waals surface area contributed by atoms with E-state index < -0.39 is 11.8 Å². The number of carbonyl (C=O) groups is 1. The summed E-state index contributed by atoms with van der Waals surface area (Å²) >= 11 is 0. The molecular weight excluding hydrogens is 209 g/mol. The van der Waals surface area contributed by atoms with Gasteiger partial charge in [0.2, 0.25) is 0 Å². The van der Waals surface area contributed by atoms with E-state index in [1.165, 1.54) is 12.2 Å². The summed E-state index contributed by atoms with van der Waals surface area (Å²) in [5.74, 6) is -1.92. The second-order valence-electron chi connectivity index (χ2n) is 2.92. The molecule has 0 aromatic carbocycles. The van der Waals surface area contributed by atoms with Gasteiger partial charge in [-0.05, 0) is 6.07 Å². The highest BCUT2D eigenvalue weighted by Gasteiger charge is 2.11. The zero-order chi connectivity index (χ0) is 12.1. The minimum absolute atomic E-state index is 0.0555. The predicted octanol–water partition coefficient (Wildman–Crippen LogP) is 2.67. The van der Waals surface area contributed by atoms with Crippen molar-refractivity contribution >= 4 is 11.5 Å². The molecule has 3 nitrogen and oxygen atoms in total. The molecule has 1 rings (SSSR count). The molecule has 0 aliphatic heterocycles. The van der Waals surface area contributed by atoms with Gasteiger partial charge in [0.25, 0.3) is 0 Å². The number of halogens is 1. The van der Waals surface area contributed by atoms with Gasteiger partial charge in [-0.25, -0.2) is 9.18 Å². The summed E-state index contributed by atoms with van der Waals surface area (Å²) in [5.41, 5.74) is 0.313. The summed E-state index contributed by atoms with van der Waals surface area (Å²) in [6.07, 6.45) is 5.54. The average molecular weight is 219 g/mol. The van der Waals surface area contributed by atoms with Crippen LogP contribution < -0.4 is 0 Å². The van der Waals surface area contributed by atoms with Gasteiger partial charge in [0, 0.05) is 11.8 Å². The quantitative estimate of drug-likeness (QED) is 0.792. The predicted molar refractivity (Wildman–Crippen MR) is 59.5 cm³/mol. The van der Waals surface area contributed by atoms with E-state index in [0.717, 1.165) is 12.3 Å². The Balaban J connectivity index is 3.26. The average Bonchev–Trinajstić information content (AvgIpc) is 2.26. The maximum atomic E-state index is 13.5. The van der Waals surface area contributed by atoms with Gasteiger partial charge >= 0.3 is 5.97 Å². The number of nitrogens with zero attached hydrogens (tertiary/aromatic N) is 1. The fourth-order valence-electron chi connectivity index (χ4n) is 1.14. The first kappa shape index (κ1) is 11.8. The first-order chi connectivity index (χ1) is 7.60. The van der Waals surface area contributed by atoms with Crippen LogP contribution in [-0.4, -0.2) is 16.1 Å². The molecular formula is C12H10FNO2. The fraction of sp³-hybridized carbons (Fsp3) is 0. The number of hydrogen-bond donors (Lipinski definition) is 1. The van der Waals surface area contributed by atoms with E-state index in [9.17, 15) is 9.18 Å². The van der Waals surface area contributed by atoms with Gasteiger partial charge in [-0.2, -0.15) is 0 Å². The number of hydrogen-bond acceptors (Lipinski definition) is 2. The number of carboxylic acids is 1. The molecule has 16 heavy (non-hydrogen) atoms. The van der Waals surface area contributed by atoms with Crippen LogP contribution in [0.1, 0.15) is 16.1 Å². The summed E-state index contributed by atoms with van der Waals surface area (Å²) in [7, 11) is 0. The van der Waals surface area contributed by atoms with Crippen molar-refractivity contribution in [2.75, 3.05) is 0 Å². The van der Waals surface area contributed by atoms with Crippen LogP contribution in [0.5, 0.6) is 0 Å². The molecule has 1 heterocycles. The highest BCUT2D eigenvalue weighted by Crippen LogP contribution is 2.17. The molecule has 0 radical (unpaired) electrons. The molecule has 0 atom stereocenters. The number of aromatic carboxylic acids is 1. The molecule has 0 amide bonds. The van der Waals surface area contributed by atoms with Crippen molar-refractivity contribution in [2.24, 2.45) is 0 Å². The van der Waals surface area contributed by atoms with Crippen molar-refractivity contribution in [1.29, 1.82) is 0 Å². The molecule has 4 heteroatoms. The Kier molecular flexibility index (Phi) is 3.72. The zero-order valence-electron chi connectivity index (χ0n) is 8.48. The van der Waals surface area contributed by atoms with E-state index >= 15 is 0 Å². The standard InChI is InChI=1S/C12H10FNO2/c1-3-5-8(4-2)11-10(13)6-9(7-14-11)12(15)16/h3-7H,1-2H2,(H,15,16)/b8-5+. The van der Waals surface area contributed by atoms with E-state index in [-0.39, 0.29) is 11.3 Å². The van der Waals surface area contributed by atoms with Crippen molar-refractivity contribution in [2.45, 2.75) is 0 Å². The van der Waals surface area contributed by atoms with E-state index in [2.05, 4.69) is 18.1 Å². The minimum Gasteiger partial charge on any atom is -0.478 e. The van der Waals surface area contributed by atoms with Gasteiger partial charge in [-0.3, -0.25) is 4.98 Å². The van der Waals surface area contributed by atoms with Gasteiger partial charge < -0.3 is 5.11 Å². The van der Waals surface area contributed by atoms with Crippen molar-refractivity contribution in [3.63, 3.8) is 0 Å². The molecule has 1 aromatic rings. The molecule has 0 spiro atoms. The zero-order valence-corrected chi connectivity index (χ0v) is 8.48. The van der Waals surface area contributed by atoms with Crippen LogP contribution in [0.3, 0.4) is 0 Å². The molecule has 0 saturated carbocycles. The third kappa shape index (κ3) is 2.42. The van der Waals surface area contributed by atoms with Crippen LogP contribution in [0.15, 0.2) is 43.6 Å². The molecule has 0 aliphatic carbocycles. The van der Waals surface area contributed by atoms with E-state index in [0.29, 0.717) is 5.57 Å². The Hall–Kier alpha value is -2.23. The van der Waals surface area contributed by atoms with Crippen molar-refractivity contribution in [3.05, 3.63) is 60.7 Å². The highest BCUT2D eigenvalue weighted by molar-refractivity contribution is 5.87. The van der Waals surface area contributed by atoms with Gasteiger partial charge in [-0.15, -0.1) is 0 Å². The Bertz CT molecular complexity index is 478. The lowest BCUT2D eigenvalue weighted by Gasteiger charge is -2.03. The van der Waals surface area contributed by atoms with E-state index in [1.807, 2.05) is 0 Å². The highest BCUT2D eigenvalue weighted by atomic mass is 19.1. The van der Waals surface area contributed by atoms with Gasteiger partial charge in [0.05, 0.1) is 5.56 Å². The number of allylic oxidation sites excluding steroid dienone is 4. The third-order valence-electron chi connectivity index (χ3n) is 1.88. The SMILES string of the molecule is C=C/C=C(\C=C)c1ncc(C(=O)O)cc1F. The summed E-state index contributed by atoms with van der Waals surface area (Å²) < 4.78 is 13.5. The van der Waals surface area contributed by atoms with Crippen molar-refractivity contribution in [1.82, 2.24) is 4.98 Å². The summed E-state index contributed by atoms with van der Waals surface area (Å²) in [5, 5.41) is 8.64. The molecule has 1 N–H and O–H groups in total. The number of aromatic nitrogens is 1. The molecule has 82 valence electrons. The van der Waals surface area contributed by atoms with Crippen LogP contribution in [-0.2, 0) is 0 Å². The van der Waals surface area contributed by atoms with Crippen molar-refractivity contribution in [3.8, 4) is 0 Å². The number of carboxylic acid groups (broad SMARTS) is 1. The lowest BCUT2D eigenvalue weighted by Crippen LogP contribution is -2.01. The topological polar surface area (TPSA) is 50.2 Å². The fourth-order valence-corrected chi connectivity index (χ4v) is 1.14. The van der Waals surface area contributed by atoms with Crippen LogP contribution in [0.2, 0.25) is 0 Å². The van der Waals surface area contributed by atoms with Crippen molar-refractivity contribution < 1.29 is 14.3 Å². The van der Waals surface area contributed by atoms with Gasteiger partial charge in [0.15, 0.2) is 0 Å². The van der Waals surface area contributed by atoms with Gasteiger partial charge in [-0.1, -0.05) is 31.4 Å². The number of pyridine rings is 1. The minimum atomic E-state index is -1.22. The lowest BCUT2D eigenvalue weighted by molar-refractivity contribution is 0.0696. The third-order valence-corrected chi connectivity index (χ3v) is 1.88. The molecule has 0 unspecified atom stereocenters. The summed E-state index contributed by atoms with van der Waals surface area (Å²) in [4.78, 5) is 14.3. The van der Waals surface area contributed by atoms with E-state index in [4.69, 9.17) is 5.11 Å². The smallest absolute Gasteiger partial charge is 0.337 e. The maximum Gasteiger partial charge on any atom is 0.337 e. The molecule has 1 aromatic heterocycles. The van der Waals surface area contributed by atoms with Crippen LogP contribution in [0.25, 0.3) is 5.57 Å². The lowest BCUT2D eigenvalue weighted by atomic mass is 10.1. The Labute approximate surface area is 92.3 Å². The van der Waals surface area contributed by atoms with Crippen LogP contribution in [0.4, 0.5) is 4.39 Å². The van der Waals surface area contributed by atoms with Crippen LogP contribution >= 0.6 is 0 Å². The first-order valence-electron chi connectivity index (χ1n) is 4.44. The second kappa shape index (κ2) is 5.02. The normalized spacial score (nSPS) is 10.9.